The lowest BCUT2D eigenvalue weighted by Gasteiger charge is -2.24. The fourth-order valence-electron chi connectivity index (χ4n) is 4.16. The van der Waals surface area contributed by atoms with Crippen molar-refractivity contribution in [1.82, 2.24) is 19.9 Å². The number of fused-ring (bicyclic) bond motifs is 1. The van der Waals surface area contributed by atoms with E-state index in [2.05, 4.69) is 32.4 Å². The molecule has 1 amide bonds. The summed E-state index contributed by atoms with van der Waals surface area (Å²) in [7, 11) is 0. The molecule has 1 saturated heterocycles. The number of hydrogen-bond donors (Lipinski definition) is 1. The minimum absolute atomic E-state index is 0.000216. The molecule has 1 aliphatic rings. The Morgan fingerprint density at radius 3 is 2.82 bits per heavy atom. The predicted octanol–water partition coefficient (Wildman–Crippen LogP) is 4.10. The maximum absolute atomic E-state index is 13.3. The van der Waals surface area contributed by atoms with Crippen LogP contribution in [0.2, 0.25) is 0 Å². The number of nitrogens with zero attached hydrogens (tertiary/aromatic N) is 4. The van der Waals surface area contributed by atoms with E-state index in [1.165, 1.54) is 0 Å². The highest BCUT2D eigenvalue weighted by molar-refractivity contribution is 5.95. The minimum Gasteiger partial charge on any atom is -0.379 e. The first-order valence-electron chi connectivity index (χ1n) is 11.1. The van der Waals surface area contributed by atoms with Gasteiger partial charge in [0.05, 0.1) is 18.7 Å². The molecule has 0 spiro atoms. The molecule has 1 atom stereocenters. The molecule has 166 valence electrons. The number of benzene rings is 2. The fourth-order valence-corrected chi connectivity index (χ4v) is 4.16. The maximum Gasteiger partial charge on any atom is 0.254 e. The monoisotopic (exact) mass is 439 g/mol. The third kappa shape index (κ3) is 5.15. The van der Waals surface area contributed by atoms with Crippen LogP contribution in [0.15, 0.2) is 79.3 Å². The Bertz CT molecular complexity index is 1250. The van der Waals surface area contributed by atoms with E-state index in [1.54, 1.807) is 18.5 Å². The molecule has 0 unspecified atom stereocenters. The van der Waals surface area contributed by atoms with Crippen molar-refractivity contribution in [2.45, 2.75) is 6.42 Å². The van der Waals surface area contributed by atoms with Crippen LogP contribution in [0.3, 0.4) is 0 Å². The van der Waals surface area contributed by atoms with Gasteiger partial charge in [-0.1, -0.05) is 24.3 Å². The number of hydrogen-bond acceptors (Lipinski definition) is 6. The van der Waals surface area contributed by atoms with Crippen LogP contribution in [0.25, 0.3) is 10.9 Å². The number of ether oxygens (including phenoxy) is 1. The average molecular weight is 440 g/mol. The van der Waals surface area contributed by atoms with Crippen molar-refractivity contribution in [1.29, 1.82) is 0 Å². The summed E-state index contributed by atoms with van der Waals surface area (Å²) in [6.45, 7) is 2.38. The zero-order chi connectivity index (χ0) is 22.5. The van der Waals surface area contributed by atoms with Crippen LogP contribution in [0.1, 0.15) is 15.9 Å². The van der Waals surface area contributed by atoms with Crippen molar-refractivity contribution in [2.24, 2.45) is 5.92 Å². The summed E-state index contributed by atoms with van der Waals surface area (Å²) in [6, 6.07) is 19.5. The smallest absolute Gasteiger partial charge is 0.254 e. The van der Waals surface area contributed by atoms with Crippen LogP contribution in [0.4, 0.5) is 11.6 Å². The summed E-state index contributed by atoms with van der Waals surface area (Å²) in [6.07, 6.45) is 6.09. The molecule has 1 N–H and O–H groups in total. The lowest BCUT2D eigenvalue weighted by molar-refractivity contribution is 0.0737. The van der Waals surface area contributed by atoms with Crippen molar-refractivity contribution >= 4 is 28.4 Å². The van der Waals surface area contributed by atoms with Crippen molar-refractivity contribution in [3.8, 4) is 0 Å². The lowest BCUT2D eigenvalue weighted by Crippen LogP contribution is -2.36. The first-order chi connectivity index (χ1) is 16.2. The molecule has 7 heteroatoms. The van der Waals surface area contributed by atoms with E-state index in [0.717, 1.165) is 28.6 Å². The van der Waals surface area contributed by atoms with Crippen molar-refractivity contribution in [3.05, 3.63) is 90.4 Å². The van der Waals surface area contributed by atoms with Gasteiger partial charge < -0.3 is 15.0 Å². The van der Waals surface area contributed by atoms with Gasteiger partial charge in [0.2, 0.25) is 5.95 Å². The van der Waals surface area contributed by atoms with Crippen LogP contribution < -0.4 is 5.32 Å². The molecule has 4 aromatic rings. The Hall–Kier alpha value is -3.84. The lowest BCUT2D eigenvalue weighted by atomic mass is 9.99. The highest BCUT2D eigenvalue weighted by atomic mass is 16.5. The molecular weight excluding hydrogens is 414 g/mol. The molecule has 33 heavy (non-hydrogen) atoms. The minimum atomic E-state index is -0.000216. The van der Waals surface area contributed by atoms with Crippen LogP contribution in [0, 0.1) is 5.92 Å². The SMILES string of the molecule is O=C(c1cccc(Nc2ncccn2)c1)N1CCOC[C@@H](Cc2cnc3ccccc3c2)C1. The van der Waals surface area contributed by atoms with Gasteiger partial charge in [-0.2, -0.15) is 0 Å². The molecule has 1 aliphatic heterocycles. The summed E-state index contributed by atoms with van der Waals surface area (Å²) in [5.41, 5.74) is 3.55. The summed E-state index contributed by atoms with van der Waals surface area (Å²) in [5.74, 6) is 0.701. The van der Waals surface area contributed by atoms with Gasteiger partial charge >= 0.3 is 0 Å². The second-order valence-electron chi connectivity index (χ2n) is 8.21. The van der Waals surface area contributed by atoms with Gasteiger partial charge in [0.25, 0.3) is 5.91 Å². The fraction of sp³-hybridized carbons (Fsp3) is 0.231. The number of pyridine rings is 1. The van der Waals surface area contributed by atoms with Crippen LogP contribution >= 0.6 is 0 Å². The second kappa shape index (κ2) is 9.75. The largest absolute Gasteiger partial charge is 0.379 e. The Morgan fingerprint density at radius 1 is 1.03 bits per heavy atom. The molecule has 1 fully saturated rings. The van der Waals surface area contributed by atoms with Crippen LogP contribution in [0.5, 0.6) is 0 Å². The van der Waals surface area contributed by atoms with Gasteiger partial charge in [-0.3, -0.25) is 9.78 Å². The standard InChI is InChI=1S/C26H25N5O2/c32-25(22-6-3-7-23(15-22)30-26-27-9-4-10-28-26)31-11-12-33-18-20(17-31)13-19-14-21-5-1-2-8-24(21)29-16-19/h1-10,14-16,20H,11-13,17-18H2,(H,27,28,30)/t20-/m0/s1. The summed E-state index contributed by atoms with van der Waals surface area (Å²) < 4.78 is 5.84. The molecule has 2 aromatic carbocycles. The van der Waals surface area contributed by atoms with E-state index >= 15 is 0 Å². The Labute approximate surface area is 192 Å². The number of nitrogens with one attached hydrogen (secondary N) is 1. The van der Waals surface area contributed by atoms with E-state index in [9.17, 15) is 4.79 Å². The number of amides is 1. The number of carbonyl (C=O) groups is 1. The summed E-state index contributed by atoms with van der Waals surface area (Å²) in [4.78, 5) is 28.2. The first kappa shape index (κ1) is 21.0. The predicted molar refractivity (Wildman–Crippen MR) is 127 cm³/mol. The van der Waals surface area contributed by atoms with E-state index in [-0.39, 0.29) is 11.8 Å². The van der Waals surface area contributed by atoms with E-state index in [4.69, 9.17) is 4.74 Å². The molecule has 0 saturated carbocycles. The summed E-state index contributed by atoms with van der Waals surface area (Å²) >= 11 is 0. The number of carbonyl (C=O) groups excluding carboxylic acids is 1. The van der Waals surface area contributed by atoms with Crippen molar-refractivity contribution < 1.29 is 9.53 Å². The maximum atomic E-state index is 13.3. The van der Waals surface area contributed by atoms with Gasteiger partial charge in [0.15, 0.2) is 0 Å². The zero-order valence-electron chi connectivity index (χ0n) is 18.2. The number of aromatic nitrogens is 3. The molecule has 0 radical (unpaired) electrons. The second-order valence-corrected chi connectivity index (χ2v) is 8.21. The van der Waals surface area contributed by atoms with Gasteiger partial charge in [-0.15, -0.1) is 0 Å². The molecule has 3 heterocycles. The topological polar surface area (TPSA) is 80.2 Å². The zero-order valence-corrected chi connectivity index (χ0v) is 18.2. The highest BCUT2D eigenvalue weighted by Gasteiger charge is 2.24. The Morgan fingerprint density at radius 2 is 1.91 bits per heavy atom. The van der Waals surface area contributed by atoms with Gasteiger partial charge in [0, 0.05) is 54.2 Å². The van der Waals surface area contributed by atoms with Crippen molar-refractivity contribution in [2.75, 3.05) is 31.6 Å². The summed E-state index contributed by atoms with van der Waals surface area (Å²) in [5, 5.41) is 4.27. The van der Waals surface area contributed by atoms with Gasteiger partial charge in [-0.05, 0) is 48.4 Å². The number of rotatable bonds is 5. The number of para-hydroxylation sites is 1. The quantitative estimate of drug-likeness (QED) is 0.504. The molecule has 5 rings (SSSR count). The Kier molecular flexibility index (Phi) is 6.21. The molecule has 0 aliphatic carbocycles. The molecular formula is C26H25N5O2. The van der Waals surface area contributed by atoms with Crippen LogP contribution in [-0.2, 0) is 11.2 Å². The van der Waals surface area contributed by atoms with E-state index in [0.29, 0.717) is 37.8 Å². The molecule has 7 nitrogen and oxygen atoms in total. The van der Waals surface area contributed by atoms with E-state index < -0.39 is 0 Å². The van der Waals surface area contributed by atoms with Gasteiger partial charge in [0.1, 0.15) is 0 Å². The normalized spacial score (nSPS) is 16.4. The van der Waals surface area contributed by atoms with Gasteiger partial charge in [-0.25, -0.2) is 9.97 Å². The number of anilines is 2. The highest BCUT2D eigenvalue weighted by Crippen LogP contribution is 2.20. The van der Waals surface area contributed by atoms with E-state index in [1.807, 2.05) is 53.6 Å². The van der Waals surface area contributed by atoms with Crippen LogP contribution in [-0.4, -0.2) is 52.1 Å². The average Bonchev–Trinajstić information content (AvgIpc) is 3.10. The third-order valence-corrected chi connectivity index (χ3v) is 5.73. The Balaban J connectivity index is 1.29. The first-order valence-corrected chi connectivity index (χ1v) is 11.1. The molecule has 0 bridgehead atoms. The third-order valence-electron chi connectivity index (χ3n) is 5.73. The molecule has 2 aromatic heterocycles. The van der Waals surface area contributed by atoms with Crippen molar-refractivity contribution in [3.63, 3.8) is 0 Å².